The summed E-state index contributed by atoms with van der Waals surface area (Å²) >= 11 is 0. The van der Waals surface area contributed by atoms with Crippen LogP contribution in [0.2, 0.25) is 0 Å². The lowest BCUT2D eigenvalue weighted by Crippen LogP contribution is -2.35. The highest BCUT2D eigenvalue weighted by Gasteiger charge is 2.18. The molecule has 5 nitrogen and oxygen atoms in total. The molecule has 0 saturated heterocycles. The van der Waals surface area contributed by atoms with E-state index in [2.05, 4.69) is 19.2 Å². The summed E-state index contributed by atoms with van der Waals surface area (Å²) in [7, 11) is 5.01. The fraction of sp³-hybridized carbons (Fsp3) is 0.562. The molecule has 1 N–H and O–H groups in total. The molecule has 1 aromatic rings. The molecule has 0 aliphatic heterocycles. The molecule has 0 spiro atoms. The lowest BCUT2D eigenvalue weighted by Gasteiger charge is -2.20. The van der Waals surface area contributed by atoms with Gasteiger partial charge in [0.1, 0.15) is 0 Å². The van der Waals surface area contributed by atoms with Crippen molar-refractivity contribution in [3.05, 3.63) is 23.8 Å². The summed E-state index contributed by atoms with van der Waals surface area (Å²) in [6.45, 7) is 6.67. The monoisotopic (exact) mass is 294 g/mol. The van der Waals surface area contributed by atoms with Crippen LogP contribution >= 0.6 is 0 Å². The number of likely N-dealkylation sites (N-methyl/N-ethyl adjacent to an activating group) is 1. The molecule has 1 unspecified atom stereocenters. The van der Waals surface area contributed by atoms with Gasteiger partial charge >= 0.3 is 0 Å². The maximum absolute atomic E-state index is 11.9. The minimum Gasteiger partial charge on any atom is -0.493 e. The number of carbonyl (C=O) groups is 1. The van der Waals surface area contributed by atoms with E-state index < -0.39 is 6.10 Å². The number of rotatable bonds is 7. The Balaban J connectivity index is 2.87. The second-order valence-corrected chi connectivity index (χ2v) is 5.51. The molecule has 21 heavy (non-hydrogen) atoms. The number of hydrogen-bond acceptors (Lipinski definition) is 4. The Morgan fingerprint density at radius 1 is 1.24 bits per heavy atom. The Kier molecular flexibility index (Phi) is 6.49. The van der Waals surface area contributed by atoms with E-state index in [1.807, 2.05) is 18.2 Å². The standard InChI is InChI=1S/C16H26N2O3/c1-11(2)17-10-13-7-8-14(20-6)15(9-13)21-12(3)16(19)18(4)5/h7-9,11-12,17H,10H2,1-6H3. The lowest BCUT2D eigenvalue weighted by molar-refractivity contribution is -0.135. The summed E-state index contributed by atoms with van der Waals surface area (Å²) in [5.41, 5.74) is 1.09. The maximum Gasteiger partial charge on any atom is 0.262 e. The second kappa shape index (κ2) is 7.88. The molecule has 5 heteroatoms. The van der Waals surface area contributed by atoms with Crippen molar-refractivity contribution < 1.29 is 14.3 Å². The Morgan fingerprint density at radius 3 is 2.43 bits per heavy atom. The molecule has 0 heterocycles. The van der Waals surface area contributed by atoms with Gasteiger partial charge in [-0.2, -0.15) is 0 Å². The second-order valence-electron chi connectivity index (χ2n) is 5.51. The Morgan fingerprint density at radius 2 is 1.90 bits per heavy atom. The van der Waals surface area contributed by atoms with E-state index in [1.54, 1.807) is 28.1 Å². The molecule has 0 aliphatic carbocycles. The van der Waals surface area contributed by atoms with Crippen molar-refractivity contribution in [1.82, 2.24) is 10.2 Å². The molecule has 118 valence electrons. The van der Waals surface area contributed by atoms with Crippen LogP contribution in [0.1, 0.15) is 26.3 Å². The molecular formula is C16H26N2O3. The van der Waals surface area contributed by atoms with Crippen molar-refractivity contribution in [2.45, 2.75) is 39.5 Å². The highest BCUT2D eigenvalue weighted by molar-refractivity contribution is 5.80. The van der Waals surface area contributed by atoms with Crippen molar-refractivity contribution in [3.8, 4) is 11.5 Å². The lowest BCUT2D eigenvalue weighted by atomic mass is 10.2. The topological polar surface area (TPSA) is 50.8 Å². The minimum atomic E-state index is -0.554. The van der Waals surface area contributed by atoms with Crippen LogP contribution in [0, 0.1) is 0 Å². The summed E-state index contributed by atoms with van der Waals surface area (Å²) < 4.78 is 11.1. The number of nitrogens with one attached hydrogen (secondary N) is 1. The third kappa shape index (κ3) is 5.27. The van der Waals surface area contributed by atoms with Crippen molar-refractivity contribution in [2.24, 2.45) is 0 Å². The molecule has 0 bridgehead atoms. The van der Waals surface area contributed by atoms with E-state index in [0.29, 0.717) is 17.5 Å². The van der Waals surface area contributed by atoms with Crippen molar-refractivity contribution in [1.29, 1.82) is 0 Å². The van der Waals surface area contributed by atoms with Gasteiger partial charge in [-0.05, 0) is 24.6 Å². The van der Waals surface area contributed by atoms with E-state index in [1.165, 1.54) is 4.90 Å². The highest BCUT2D eigenvalue weighted by atomic mass is 16.5. The van der Waals surface area contributed by atoms with Crippen LogP contribution in [0.15, 0.2) is 18.2 Å². The van der Waals surface area contributed by atoms with Crippen molar-refractivity contribution >= 4 is 5.91 Å². The number of ether oxygens (including phenoxy) is 2. The first kappa shape index (κ1) is 17.3. The summed E-state index contributed by atoms with van der Waals surface area (Å²) in [5.74, 6) is 1.13. The van der Waals surface area contributed by atoms with Gasteiger partial charge in [-0.25, -0.2) is 0 Å². The number of nitrogens with zero attached hydrogens (tertiary/aromatic N) is 1. The number of hydrogen-bond donors (Lipinski definition) is 1. The first-order valence-corrected chi connectivity index (χ1v) is 7.13. The van der Waals surface area contributed by atoms with Gasteiger partial charge < -0.3 is 19.7 Å². The largest absolute Gasteiger partial charge is 0.493 e. The van der Waals surface area contributed by atoms with Crippen LogP contribution in [-0.2, 0) is 11.3 Å². The zero-order valence-corrected chi connectivity index (χ0v) is 13.8. The summed E-state index contributed by atoms with van der Waals surface area (Å²) in [4.78, 5) is 13.4. The van der Waals surface area contributed by atoms with Crippen LogP contribution in [-0.4, -0.2) is 44.2 Å². The Bertz CT molecular complexity index is 473. The van der Waals surface area contributed by atoms with Crippen molar-refractivity contribution in [3.63, 3.8) is 0 Å². The van der Waals surface area contributed by atoms with Gasteiger partial charge in [-0.3, -0.25) is 4.79 Å². The molecule has 0 aliphatic rings. The van der Waals surface area contributed by atoms with Crippen molar-refractivity contribution in [2.75, 3.05) is 21.2 Å². The molecule has 1 atom stereocenters. The number of benzene rings is 1. The zero-order valence-electron chi connectivity index (χ0n) is 13.8. The summed E-state index contributed by atoms with van der Waals surface area (Å²) in [5, 5.41) is 3.35. The summed E-state index contributed by atoms with van der Waals surface area (Å²) in [6.07, 6.45) is -0.554. The normalized spacial score (nSPS) is 12.1. The van der Waals surface area contributed by atoms with Gasteiger partial charge in [0, 0.05) is 26.7 Å². The molecule has 0 saturated carbocycles. The van der Waals surface area contributed by atoms with Gasteiger partial charge in [0.2, 0.25) is 0 Å². The molecule has 0 fully saturated rings. The van der Waals surface area contributed by atoms with Gasteiger partial charge in [0.05, 0.1) is 7.11 Å². The molecule has 1 rings (SSSR count). The first-order chi connectivity index (χ1) is 9.85. The predicted molar refractivity (Wildman–Crippen MR) is 83.8 cm³/mol. The Labute approximate surface area is 127 Å². The molecule has 1 amide bonds. The van der Waals surface area contributed by atoms with E-state index >= 15 is 0 Å². The zero-order chi connectivity index (χ0) is 16.0. The number of carbonyl (C=O) groups excluding carboxylic acids is 1. The van der Waals surface area contributed by atoms with E-state index in [4.69, 9.17) is 9.47 Å². The predicted octanol–water partition coefficient (Wildman–Crippen LogP) is 2.05. The third-order valence-corrected chi connectivity index (χ3v) is 3.03. The third-order valence-electron chi connectivity index (χ3n) is 3.03. The summed E-state index contributed by atoms with van der Waals surface area (Å²) in [6, 6.07) is 6.16. The SMILES string of the molecule is COc1ccc(CNC(C)C)cc1OC(C)C(=O)N(C)C. The Hall–Kier alpha value is -1.75. The van der Waals surface area contributed by atoms with Crippen LogP contribution in [0.3, 0.4) is 0 Å². The van der Waals surface area contributed by atoms with Gasteiger partial charge in [-0.1, -0.05) is 19.9 Å². The first-order valence-electron chi connectivity index (χ1n) is 7.13. The molecule has 1 aromatic carbocycles. The average molecular weight is 294 g/mol. The average Bonchev–Trinajstić information content (AvgIpc) is 2.44. The van der Waals surface area contributed by atoms with Gasteiger partial charge in [0.25, 0.3) is 5.91 Å². The smallest absolute Gasteiger partial charge is 0.262 e. The quantitative estimate of drug-likeness (QED) is 0.836. The minimum absolute atomic E-state index is 0.0808. The van der Waals surface area contributed by atoms with Crippen LogP contribution < -0.4 is 14.8 Å². The maximum atomic E-state index is 11.9. The van der Waals surface area contributed by atoms with Crippen LogP contribution in [0.5, 0.6) is 11.5 Å². The number of amides is 1. The van der Waals surface area contributed by atoms with Gasteiger partial charge in [0.15, 0.2) is 17.6 Å². The molecule has 0 aromatic heterocycles. The fourth-order valence-electron chi connectivity index (χ4n) is 1.85. The van der Waals surface area contributed by atoms with Crippen LogP contribution in [0.4, 0.5) is 0 Å². The van der Waals surface area contributed by atoms with Gasteiger partial charge in [-0.15, -0.1) is 0 Å². The number of methoxy groups -OCH3 is 1. The van der Waals surface area contributed by atoms with E-state index in [0.717, 1.165) is 12.1 Å². The van der Waals surface area contributed by atoms with E-state index in [9.17, 15) is 4.79 Å². The van der Waals surface area contributed by atoms with Crippen LogP contribution in [0.25, 0.3) is 0 Å². The fourth-order valence-corrected chi connectivity index (χ4v) is 1.85. The van der Waals surface area contributed by atoms with E-state index in [-0.39, 0.29) is 5.91 Å². The molecular weight excluding hydrogens is 268 g/mol. The molecule has 0 radical (unpaired) electrons. The highest BCUT2D eigenvalue weighted by Crippen LogP contribution is 2.29.